The second-order valence-corrected chi connectivity index (χ2v) is 6.88. The molecule has 0 N–H and O–H groups in total. The van der Waals surface area contributed by atoms with Crippen LogP contribution in [0.5, 0.6) is 11.5 Å². The molecule has 0 bridgehead atoms. The van der Waals surface area contributed by atoms with E-state index in [0.29, 0.717) is 18.6 Å². The van der Waals surface area contributed by atoms with E-state index in [1.807, 2.05) is 30.4 Å². The maximum Gasteiger partial charge on any atom is 0.240 e. The first kappa shape index (κ1) is 16.4. The lowest BCUT2D eigenvalue weighted by atomic mass is 9.62. The summed E-state index contributed by atoms with van der Waals surface area (Å²) in [5.74, 6) is 0.0673. The molecule has 4 rings (SSSR count). The minimum atomic E-state index is -1.28. The fraction of sp³-hybridized carbons (Fsp3) is 0.450. The summed E-state index contributed by atoms with van der Waals surface area (Å²) in [5.41, 5.74) is 0.481. The van der Waals surface area contributed by atoms with Crippen molar-refractivity contribution in [2.75, 3.05) is 13.9 Å². The Bertz CT molecular complexity index is 754. The quantitative estimate of drug-likeness (QED) is 0.783. The molecule has 1 aliphatic carbocycles. The maximum absolute atomic E-state index is 12.8. The summed E-state index contributed by atoms with van der Waals surface area (Å²) >= 11 is 0. The Morgan fingerprint density at radius 2 is 2.16 bits per heavy atom. The first-order chi connectivity index (χ1) is 12.1. The molecule has 0 unspecified atom stereocenters. The topological polar surface area (TPSA) is 54.0 Å². The number of ether oxygens (including phenoxy) is 4. The van der Waals surface area contributed by atoms with E-state index in [1.165, 1.54) is 0 Å². The Labute approximate surface area is 147 Å². The van der Waals surface area contributed by atoms with Gasteiger partial charge in [-0.2, -0.15) is 0 Å². The molecule has 0 saturated carbocycles. The average Bonchev–Trinajstić information content (AvgIpc) is 3.18. The molecule has 1 aromatic carbocycles. The summed E-state index contributed by atoms with van der Waals surface area (Å²) in [4.78, 5) is 12.8. The van der Waals surface area contributed by atoms with Crippen LogP contribution in [0.2, 0.25) is 0 Å². The highest BCUT2D eigenvalue weighted by Crippen LogP contribution is 2.62. The third-order valence-electron chi connectivity index (χ3n) is 5.87. The highest BCUT2D eigenvalue weighted by Gasteiger charge is 2.67. The van der Waals surface area contributed by atoms with Crippen LogP contribution < -0.4 is 9.47 Å². The summed E-state index contributed by atoms with van der Waals surface area (Å²) in [7, 11) is 1.55. The smallest absolute Gasteiger partial charge is 0.240 e. The Balaban J connectivity index is 1.80. The molecule has 2 heterocycles. The normalized spacial score (nSPS) is 35.7. The van der Waals surface area contributed by atoms with Crippen LogP contribution in [0.3, 0.4) is 0 Å². The summed E-state index contributed by atoms with van der Waals surface area (Å²) in [5, 5.41) is 0. The lowest BCUT2D eigenvalue weighted by Gasteiger charge is -2.44. The zero-order chi connectivity index (χ0) is 17.7. The molecule has 5 nitrogen and oxygen atoms in total. The highest BCUT2D eigenvalue weighted by atomic mass is 16.7. The van der Waals surface area contributed by atoms with Crippen molar-refractivity contribution >= 4 is 5.78 Å². The van der Waals surface area contributed by atoms with Gasteiger partial charge in [0.2, 0.25) is 18.4 Å². The van der Waals surface area contributed by atoms with Crippen LogP contribution in [-0.4, -0.2) is 25.5 Å². The van der Waals surface area contributed by atoms with Crippen LogP contribution in [0.1, 0.15) is 31.4 Å². The zero-order valence-corrected chi connectivity index (χ0v) is 14.5. The third kappa shape index (κ3) is 2.06. The van der Waals surface area contributed by atoms with Gasteiger partial charge < -0.3 is 18.9 Å². The van der Waals surface area contributed by atoms with Gasteiger partial charge in [-0.15, -0.1) is 6.58 Å². The SMILES string of the molecule is C=CC[C@]12CC=CC(=O)[C@@]1(OC)O[C@@H](c1ccc3c(c1)OCO3)[C@H]2C. The van der Waals surface area contributed by atoms with Gasteiger partial charge in [-0.25, -0.2) is 0 Å². The van der Waals surface area contributed by atoms with Crippen LogP contribution in [0.4, 0.5) is 0 Å². The summed E-state index contributed by atoms with van der Waals surface area (Å²) in [6.07, 6.45) is 6.41. The monoisotopic (exact) mass is 342 g/mol. The van der Waals surface area contributed by atoms with Crippen molar-refractivity contribution in [2.45, 2.75) is 31.7 Å². The van der Waals surface area contributed by atoms with Gasteiger partial charge in [0.25, 0.3) is 0 Å². The number of allylic oxidation sites excluding steroid dienone is 2. The van der Waals surface area contributed by atoms with Crippen molar-refractivity contribution in [3.8, 4) is 11.5 Å². The van der Waals surface area contributed by atoms with Crippen molar-refractivity contribution < 1.29 is 23.7 Å². The molecule has 2 aliphatic heterocycles. The summed E-state index contributed by atoms with van der Waals surface area (Å²) in [6, 6.07) is 5.79. The molecule has 0 amide bonds. The minimum absolute atomic E-state index is 0.0553. The Morgan fingerprint density at radius 3 is 2.92 bits per heavy atom. The van der Waals surface area contributed by atoms with Crippen LogP contribution in [0, 0.1) is 11.3 Å². The third-order valence-corrected chi connectivity index (χ3v) is 5.87. The van der Waals surface area contributed by atoms with Gasteiger partial charge in [-0.05, 0) is 42.5 Å². The standard InChI is InChI=1S/C20H22O5/c1-4-9-19-10-5-6-17(21)20(19,22-3)25-18(13(19)2)14-7-8-15-16(11-14)24-12-23-15/h4-8,11,13,18H,1,9-10,12H2,2-3H3/t13-,18-,19-,20-/m1/s1. The molecule has 0 radical (unpaired) electrons. The lowest BCUT2D eigenvalue weighted by Crippen LogP contribution is -2.55. The predicted molar refractivity (Wildman–Crippen MR) is 91.3 cm³/mol. The second-order valence-electron chi connectivity index (χ2n) is 6.88. The number of carbonyl (C=O) groups is 1. The van der Waals surface area contributed by atoms with E-state index >= 15 is 0 Å². The molecule has 25 heavy (non-hydrogen) atoms. The van der Waals surface area contributed by atoms with Gasteiger partial charge >= 0.3 is 0 Å². The molecule has 1 fully saturated rings. The molecule has 0 spiro atoms. The van der Waals surface area contributed by atoms with Gasteiger partial charge in [-0.3, -0.25) is 4.79 Å². The highest BCUT2D eigenvalue weighted by molar-refractivity contribution is 5.98. The second kappa shape index (κ2) is 5.71. The van der Waals surface area contributed by atoms with Crippen LogP contribution in [-0.2, 0) is 14.3 Å². The van der Waals surface area contributed by atoms with E-state index in [0.717, 1.165) is 11.3 Å². The molecule has 5 heteroatoms. The number of hydrogen-bond donors (Lipinski definition) is 0. The van der Waals surface area contributed by atoms with Gasteiger partial charge in [0.05, 0.1) is 6.10 Å². The van der Waals surface area contributed by atoms with Gasteiger partial charge in [-0.1, -0.05) is 25.1 Å². The molecule has 0 aromatic heterocycles. The fourth-order valence-electron chi connectivity index (χ4n) is 4.56. The van der Waals surface area contributed by atoms with E-state index in [2.05, 4.69) is 13.5 Å². The van der Waals surface area contributed by atoms with E-state index < -0.39 is 11.2 Å². The lowest BCUT2D eigenvalue weighted by molar-refractivity contribution is -0.243. The van der Waals surface area contributed by atoms with Crippen molar-refractivity contribution in [1.29, 1.82) is 0 Å². The Morgan fingerprint density at radius 1 is 1.36 bits per heavy atom. The number of carbonyl (C=O) groups excluding carboxylic acids is 1. The number of methoxy groups -OCH3 is 1. The van der Waals surface area contributed by atoms with Crippen molar-refractivity contribution in [3.05, 3.63) is 48.6 Å². The first-order valence-electron chi connectivity index (χ1n) is 8.52. The maximum atomic E-state index is 12.8. The summed E-state index contributed by atoms with van der Waals surface area (Å²) in [6.45, 7) is 6.24. The molecule has 1 saturated heterocycles. The average molecular weight is 342 g/mol. The van der Waals surface area contributed by atoms with E-state index in [9.17, 15) is 4.79 Å². The van der Waals surface area contributed by atoms with Crippen molar-refractivity contribution in [2.24, 2.45) is 11.3 Å². The number of benzene rings is 1. The van der Waals surface area contributed by atoms with Gasteiger partial charge in [0.1, 0.15) is 0 Å². The number of fused-ring (bicyclic) bond motifs is 2. The Kier molecular flexibility index (Phi) is 3.74. The van der Waals surface area contributed by atoms with Gasteiger partial charge in [0, 0.05) is 12.5 Å². The minimum Gasteiger partial charge on any atom is -0.454 e. The van der Waals surface area contributed by atoms with E-state index in [4.69, 9.17) is 18.9 Å². The number of rotatable bonds is 4. The first-order valence-corrected chi connectivity index (χ1v) is 8.52. The van der Waals surface area contributed by atoms with Crippen LogP contribution >= 0.6 is 0 Å². The number of hydrogen-bond acceptors (Lipinski definition) is 5. The van der Waals surface area contributed by atoms with E-state index in [-0.39, 0.29) is 24.6 Å². The summed E-state index contributed by atoms with van der Waals surface area (Å²) < 4.78 is 23.0. The molecular weight excluding hydrogens is 320 g/mol. The molecule has 3 aliphatic rings. The van der Waals surface area contributed by atoms with Gasteiger partial charge in [0.15, 0.2) is 11.5 Å². The molecular formula is C20H22O5. The van der Waals surface area contributed by atoms with Crippen molar-refractivity contribution in [3.63, 3.8) is 0 Å². The Hall–Kier alpha value is -2.11. The predicted octanol–water partition coefficient (Wildman–Crippen LogP) is 3.56. The van der Waals surface area contributed by atoms with E-state index in [1.54, 1.807) is 13.2 Å². The molecule has 132 valence electrons. The van der Waals surface area contributed by atoms with Crippen molar-refractivity contribution in [1.82, 2.24) is 0 Å². The number of ketones is 1. The fourth-order valence-corrected chi connectivity index (χ4v) is 4.56. The largest absolute Gasteiger partial charge is 0.454 e. The van der Waals surface area contributed by atoms with Crippen LogP contribution in [0.15, 0.2) is 43.0 Å². The molecule has 4 atom stereocenters. The van der Waals surface area contributed by atoms with Crippen LogP contribution in [0.25, 0.3) is 0 Å². The zero-order valence-electron chi connectivity index (χ0n) is 14.5. The molecule has 1 aromatic rings.